The summed E-state index contributed by atoms with van der Waals surface area (Å²) in [6, 6.07) is 4.28. The van der Waals surface area contributed by atoms with Gasteiger partial charge in [0.2, 0.25) is 5.95 Å². The predicted octanol–water partition coefficient (Wildman–Crippen LogP) is 5.80. The molecule has 1 aliphatic carbocycles. The minimum absolute atomic E-state index is 0.118. The van der Waals surface area contributed by atoms with E-state index in [2.05, 4.69) is 44.4 Å². The first-order valence-electron chi connectivity index (χ1n) is 13.0. The smallest absolute Gasteiger partial charge is 0.215 e. The van der Waals surface area contributed by atoms with Crippen molar-refractivity contribution in [2.24, 2.45) is 5.41 Å². The molecule has 5 heterocycles. The van der Waals surface area contributed by atoms with Crippen LogP contribution >= 0.6 is 0 Å². The fourth-order valence-electron chi connectivity index (χ4n) is 5.30. The Hall–Kier alpha value is -3.79. The van der Waals surface area contributed by atoms with Crippen molar-refractivity contribution < 1.29 is 8.78 Å². The van der Waals surface area contributed by atoms with Gasteiger partial charge in [0.25, 0.3) is 0 Å². The molecular formula is C28H30F2N8. The lowest BCUT2D eigenvalue weighted by Crippen LogP contribution is -2.38. The number of anilines is 3. The van der Waals surface area contributed by atoms with E-state index in [1.54, 1.807) is 24.5 Å². The molecule has 4 aromatic rings. The molecule has 6 rings (SSSR count). The van der Waals surface area contributed by atoms with Gasteiger partial charge in [-0.3, -0.25) is 4.98 Å². The van der Waals surface area contributed by atoms with Gasteiger partial charge in [-0.25, -0.2) is 19.3 Å². The molecule has 4 N–H and O–H groups in total. The van der Waals surface area contributed by atoms with E-state index >= 15 is 4.39 Å². The zero-order valence-corrected chi connectivity index (χ0v) is 21.4. The van der Waals surface area contributed by atoms with E-state index in [1.165, 1.54) is 6.42 Å². The van der Waals surface area contributed by atoms with Gasteiger partial charge in [0.1, 0.15) is 11.6 Å². The lowest BCUT2D eigenvalue weighted by molar-refractivity contribution is 0.221. The second-order valence-electron chi connectivity index (χ2n) is 11.1. The first-order chi connectivity index (χ1) is 18.3. The Bertz CT molecular complexity index is 1510. The molecule has 8 nitrogen and oxygen atoms in total. The number of rotatable bonds is 5. The van der Waals surface area contributed by atoms with E-state index in [4.69, 9.17) is 10.7 Å². The monoisotopic (exact) mass is 516 g/mol. The molecule has 0 bridgehead atoms. The van der Waals surface area contributed by atoms with E-state index in [0.717, 1.165) is 42.8 Å². The van der Waals surface area contributed by atoms with Crippen LogP contribution in [0.2, 0.25) is 0 Å². The van der Waals surface area contributed by atoms with Gasteiger partial charge in [0.05, 0.1) is 11.7 Å². The lowest BCUT2D eigenvalue weighted by Gasteiger charge is -2.35. The maximum absolute atomic E-state index is 15.5. The fourth-order valence-corrected chi connectivity index (χ4v) is 5.30. The molecule has 0 spiro atoms. The molecule has 1 atom stereocenters. The highest BCUT2D eigenvalue weighted by atomic mass is 19.1. The molecule has 10 heteroatoms. The van der Waals surface area contributed by atoms with Crippen molar-refractivity contribution in [1.29, 1.82) is 0 Å². The molecule has 1 saturated carbocycles. The first-order valence-corrected chi connectivity index (χ1v) is 13.0. The molecule has 1 unspecified atom stereocenters. The summed E-state index contributed by atoms with van der Waals surface area (Å²) in [4.78, 5) is 21.7. The average molecular weight is 517 g/mol. The van der Waals surface area contributed by atoms with Crippen molar-refractivity contribution in [2.75, 3.05) is 17.6 Å². The molecular weight excluding hydrogens is 486 g/mol. The van der Waals surface area contributed by atoms with Gasteiger partial charge < -0.3 is 16.4 Å². The number of aromatic nitrogens is 5. The Morgan fingerprint density at radius 1 is 1.05 bits per heavy atom. The van der Waals surface area contributed by atoms with E-state index in [-0.39, 0.29) is 28.7 Å². The first kappa shape index (κ1) is 24.5. The zero-order valence-electron chi connectivity index (χ0n) is 21.4. The summed E-state index contributed by atoms with van der Waals surface area (Å²) in [7, 11) is 0. The maximum Gasteiger partial charge on any atom is 0.215 e. The zero-order chi connectivity index (χ0) is 26.4. The van der Waals surface area contributed by atoms with Crippen LogP contribution in [0.4, 0.5) is 26.2 Å². The van der Waals surface area contributed by atoms with Crippen LogP contribution in [0.25, 0.3) is 22.3 Å². The minimum Gasteiger partial charge on any atom is -0.383 e. The summed E-state index contributed by atoms with van der Waals surface area (Å²) < 4.78 is 30.0. The largest absolute Gasteiger partial charge is 0.383 e. The number of nitrogens with one attached hydrogen (secondary N) is 2. The Morgan fingerprint density at radius 2 is 1.89 bits per heavy atom. The standard InChI is InChI=1S/C28H30F2N8/c1-28(2)8-6-19(34-14-28)17-11-21(29)36-27(24(17)30)37-22-10-16(7-9-33-22)26-35-20-13-32-12-18(15-4-3-5-15)23(20)25(31)38-26/h7,9-13,15,19,34H,3-6,8,14H2,1-2H3,(H2,31,35,38)(H,33,36,37). The van der Waals surface area contributed by atoms with Crippen LogP contribution in [0.1, 0.15) is 69.0 Å². The second kappa shape index (κ2) is 9.50. The summed E-state index contributed by atoms with van der Waals surface area (Å²) in [5, 5.41) is 7.03. The van der Waals surface area contributed by atoms with Crippen LogP contribution in [0, 0.1) is 17.2 Å². The number of pyridine rings is 3. The highest BCUT2D eigenvalue weighted by Gasteiger charge is 2.30. The Balaban J connectivity index is 1.30. The third-order valence-corrected chi connectivity index (χ3v) is 7.74. The third kappa shape index (κ3) is 4.64. The van der Waals surface area contributed by atoms with Crippen molar-refractivity contribution >= 4 is 28.4 Å². The predicted molar refractivity (Wildman–Crippen MR) is 143 cm³/mol. The SMILES string of the molecule is CC1(C)CCC(c2cc(F)nc(Nc3cc(-c4nc(N)c5c(C6CCC6)cncc5n4)ccn3)c2F)NC1. The maximum atomic E-state index is 15.5. The summed E-state index contributed by atoms with van der Waals surface area (Å²) in [6.45, 7) is 5.03. The molecule has 2 fully saturated rings. The summed E-state index contributed by atoms with van der Waals surface area (Å²) in [6.07, 6.45) is 10.1. The highest BCUT2D eigenvalue weighted by molar-refractivity contribution is 5.92. The summed E-state index contributed by atoms with van der Waals surface area (Å²) >= 11 is 0. The highest BCUT2D eigenvalue weighted by Crippen LogP contribution is 2.41. The molecule has 1 saturated heterocycles. The van der Waals surface area contributed by atoms with E-state index in [0.29, 0.717) is 35.1 Å². The molecule has 0 aromatic carbocycles. The van der Waals surface area contributed by atoms with Crippen molar-refractivity contribution in [3.8, 4) is 11.4 Å². The number of piperidine rings is 1. The molecule has 38 heavy (non-hydrogen) atoms. The number of hydrogen-bond donors (Lipinski definition) is 3. The van der Waals surface area contributed by atoms with Crippen LogP contribution in [-0.4, -0.2) is 31.5 Å². The third-order valence-electron chi connectivity index (χ3n) is 7.74. The van der Waals surface area contributed by atoms with Gasteiger partial charge in [0, 0.05) is 47.6 Å². The van der Waals surface area contributed by atoms with Crippen LogP contribution in [0.5, 0.6) is 0 Å². The van der Waals surface area contributed by atoms with Crippen LogP contribution in [-0.2, 0) is 0 Å². The number of halogens is 2. The molecule has 2 aliphatic rings. The Labute approximate surface area is 219 Å². The Morgan fingerprint density at radius 3 is 2.63 bits per heavy atom. The van der Waals surface area contributed by atoms with E-state index in [1.807, 2.05) is 6.20 Å². The van der Waals surface area contributed by atoms with Crippen LogP contribution < -0.4 is 16.4 Å². The van der Waals surface area contributed by atoms with Crippen molar-refractivity contribution in [3.63, 3.8) is 0 Å². The average Bonchev–Trinajstić information content (AvgIpc) is 2.85. The normalized spacial score (nSPS) is 19.3. The Kier molecular flexibility index (Phi) is 6.14. The van der Waals surface area contributed by atoms with E-state index in [9.17, 15) is 4.39 Å². The topological polar surface area (TPSA) is 115 Å². The van der Waals surface area contributed by atoms with Gasteiger partial charge in [-0.2, -0.15) is 9.37 Å². The van der Waals surface area contributed by atoms with Crippen molar-refractivity contribution in [1.82, 2.24) is 30.2 Å². The number of nitrogens with zero attached hydrogens (tertiary/aromatic N) is 5. The van der Waals surface area contributed by atoms with Crippen molar-refractivity contribution in [2.45, 2.75) is 57.9 Å². The van der Waals surface area contributed by atoms with E-state index < -0.39 is 11.8 Å². The summed E-state index contributed by atoms with van der Waals surface area (Å²) in [5.74, 6) is -0.0599. The van der Waals surface area contributed by atoms with Crippen molar-refractivity contribution in [3.05, 3.63) is 59.7 Å². The van der Waals surface area contributed by atoms with Gasteiger partial charge >= 0.3 is 0 Å². The number of hydrogen-bond acceptors (Lipinski definition) is 8. The second-order valence-corrected chi connectivity index (χ2v) is 11.1. The van der Waals surface area contributed by atoms with Crippen LogP contribution in [0.15, 0.2) is 36.8 Å². The quantitative estimate of drug-likeness (QED) is 0.285. The molecule has 0 amide bonds. The molecule has 196 valence electrons. The molecule has 0 radical (unpaired) electrons. The van der Waals surface area contributed by atoms with Gasteiger partial charge in [-0.1, -0.05) is 20.3 Å². The van der Waals surface area contributed by atoms with Crippen LogP contribution in [0.3, 0.4) is 0 Å². The number of fused-ring (bicyclic) bond motifs is 1. The summed E-state index contributed by atoms with van der Waals surface area (Å²) in [5.41, 5.74) is 9.16. The lowest BCUT2D eigenvalue weighted by atomic mass is 9.79. The fraction of sp³-hybridized carbons (Fsp3) is 0.393. The molecule has 1 aliphatic heterocycles. The van der Waals surface area contributed by atoms with Gasteiger partial charge in [-0.15, -0.1) is 0 Å². The van der Waals surface area contributed by atoms with Gasteiger partial charge in [0.15, 0.2) is 17.5 Å². The minimum atomic E-state index is -0.757. The molecule has 4 aromatic heterocycles. The number of nitrogen functional groups attached to an aromatic ring is 1. The van der Waals surface area contributed by atoms with Gasteiger partial charge in [-0.05, 0) is 54.7 Å². The number of nitrogens with two attached hydrogens (primary N) is 1.